The average molecular weight is 372 g/mol. The third-order valence-electron chi connectivity index (χ3n) is 5.24. The molecule has 1 fully saturated rings. The summed E-state index contributed by atoms with van der Waals surface area (Å²) in [5.41, 5.74) is 5.38. The highest BCUT2D eigenvalue weighted by atomic mass is 32.2. The first-order valence-corrected chi connectivity index (χ1v) is 11.0. The van der Waals surface area contributed by atoms with Crippen molar-refractivity contribution in [2.75, 3.05) is 17.7 Å². The zero-order valence-corrected chi connectivity index (χ0v) is 16.0. The predicted octanol–water partition coefficient (Wildman–Crippen LogP) is 2.28. The van der Waals surface area contributed by atoms with Crippen molar-refractivity contribution in [3.63, 3.8) is 0 Å². The third-order valence-corrected chi connectivity index (χ3v) is 5.91. The minimum absolute atomic E-state index is 0.288. The Morgan fingerprint density at radius 1 is 1.27 bits per heavy atom. The van der Waals surface area contributed by atoms with Crippen molar-refractivity contribution < 1.29 is 8.42 Å². The van der Waals surface area contributed by atoms with E-state index in [2.05, 4.69) is 16.5 Å². The van der Waals surface area contributed by atoms with Gasteiger partial charge >= 0.3 is 0 Å². The molecule has 0 spiro atoms. The van der Waals surface area contributed by atoms with E-state index >= 15 is 0 Å². The van der Waals surface area contributed by atoms with E-state index in [4.69, 9.17) is 9.97 Å². The predicted molar refractivity (Wildman–Crippen MR) is 103 cm³/mol. The van der Waals surface area contributed by atoms with E-state index in [1.807, 2.05) is 24.3 Å². The second kappa shape index (κ2) is 6.63. The molecule has 138 valence electrons. The summed E-state index contributed by atoms with van der Waals surface area (Å²) < 4.78 is 25.3. The summed E-state index contributed by atoms with van der Waals surface area (Å²) >= 11 is 0. The normalized spacial score (nSPS) is 19.3. The van der Waals surface area contributed by atoms with Crippen LogP contribution in [0.25, 0.3) is 11.3 Å². The number of aryl methyl sites for hydroxylation is 1. The molecule has 26 heavy (non-hydrogen) atoms. The SMILES string of the molecule is C[C@H]1CCN1c1nc2c(c(-c3cccc(CNS(C)(=O)=O)c3)n1)CCC2. The van der Waals surface area contributed by atoms with Crippen LogP contribution in [-0.4, -0.2) is 37.2 Å². The van der Waals surface area contributed by atoms with Gasteiger partial charge in [-0.25, -0.2) is 23.1 Å². The first kappa shape index (κ1) is 17.4. The molecule has 1 atom stereocenters. The molecule has 1 saturated heterocycles. The Balaban J connectivity index is 1.71. The monoisotopic (exact) mass is 372 g/mol. The van der Waals surface area contributed by atoms with Crippen LogP contribution in [0.1, 0.15) is 36.6 Å². The summed E-state index contributed by atoms with van der Waals surface area (Å²) in [6, 6.07) is 8.47. The smallest absolute Gasteiger partial charge is 0.226 e. The molecule has 7 heteroatoms. The van der Waals surface area contributed by atoms with Gasteiger partial charge in [-0.05, 0) is 44.2 Å². The number of benzene rings is 1. The maximum absolute atomic E-state index is 11.4. The molecule has 4 rings (SSSR count). The van der Waals surface area contributed by atoms with Crippen LogP contribution < -0.4 is 9.62 Å². The Morgan fingerprint density at radius 2 is 2.12 bits per heavy atom. The van der Waals surface area contributed by atoms with E-state index in [1.54, 1.807) is 0 Å². The quantitative estimate of drug-likeness (QED) is 0.871. The lowest BCUT2D eigenvalue weighted by Gasteiger charge is -2.39. The Kier molecular flexibility index (Phi) is 4.44. The lowest BCUT2D eigenvalue weighted by Crippen LogP contribution is -2.46. The van der Waals surface area contributed by atoms with Gasteiger partial charge in [-0.3, -0.25) is 0 Å². The first-order chi connectivity index (χ1) is 12.4. The van der Waals surface area contributed by atoms with Crippen LogP contribution >= 0.6 is 0 Å². The van der Waals surface area contributed by atoms with Crippen LogP contribution in [0.4, 0.5) is 5.95 Å². The fraction of sp³-hybridized carbons (Fsp3) is 0.474. The second-order valence-corrected chi connectivity index (χ2v) is 9.11. The summed E-state index contributed by atoms with van der Waals surface area (Å²) in [6.07, 6.45) is 5.49. The number of fused-ring (bicyclic) bond motifs is 1. The summed E-state index contributed by atoms with van der Waals surface area (Å²) in [7, 11) is -3.21. The minimum Gasteiger partial charge on any atom is -0.338 e. The number of rotatable bonds is 5. The topological polar surface area (TPSA) is 75.2 Å². The minimum atomic E-state index is -3.21. The summed E-state index contributed by atoms with van der Waals surface area (Å²) in [6.45, 7) is 3.50. The largest absolute Gasteiger partial charge is 0.338 e. The lowest BCUT2D eigenvalue weighted by molar-refractivity contribution is 0.470. The van der Waals surface area contributed by atoms with Gasteiger partial charge in [0.15, 0.2) is 0 Å². The summed E-state index contributed by atoms with van der Waals surface area (Å²) in [5.74, 6) is 0.832. The molecule has 0 bridgehead atoms. The van der Waals surface area contributed by atoms with Gasteiger partial charge in [0.25, 0.3) is 0 Å². The van der Waals surface area contributed by atoms with Crippen LogP contribution in [-0.2, 0) is 29.4 Å². The van der Waals surface area contributed by atoms with E-state index in [9.17, 15) is 8.42 Å². The number of hydrogen-bond donors (Lipinski definition) is 1. The van der Waals surface area contributed by atoms with Crippen molar-refractivity contribution in [2.24, 2.45) is 0 Å². The first-order valence-electron chi connectivity index (χ1n) is 9.11. The van der Waals surface area contributed by atoms with Gasteiger partial charge in [0.05, 0.1) is 11.9 Å². The van der Waals surface area contributed by atoms with Crippen LogP contribution in [0.2, 0.25) is 0 Å². The molecule has 1 aromatic heterocycles. The van der Waals surface area contributed by atoms with Crippen molar-refractivity contribution in [1.82, 2.24) is 14.7 Å². The number of hydrogen-bond acceptors (Lipinski definition) is 5. The van der Waals surface area contributed by atoms with Gasteiger partial charge in [-0.2, -0.15) is 0 Å². The summed E-state index contributed by atoms with van der Waals surface area (Å²) in [5, 5.41) is 0. The molecule has 0 unspecified atom stereocenters. The number of aromatic nitrogens is 2. The van der Waals surface area contributed by atoms with E-state index in [-0.39, 0.29) is 6.54 Å². The molecule has 1 N–H and O–H groups in total. The van der Waals surface area contributed by atoms with Crippen LogP contribution in [0.15, 0.2) is 24.3 Å². The fourth-order valence-corrected chi connectivity index (χ4v) is 4.07. The maximum atomic E-state index is 11.4. The molecule has 0 radical (unpaired) electrons. The molecule has 1 aliphatic heterocycles. The van der Waals surface area contributed by atoms with Crippen molar-refractivity contribution >= 4 is 16.0 Å². The highest BCUT2D eigenvalue weighted by Crippen LogP contribution is 2.34. The van der Waals surface area contributed by atoms with Crippen molar-refractivity contribution in [2.45, 2.75) is 45.2 Å². The zero-order valence-electron chi connectivity index (χ0n) is 15.2. The molecule has 2 heterocycles. The molecular formula is C19H24N4O2S. The van der Waals surface area contributed by atoms with E-state index < -0.39 is 10.0 Å². The zero-order chi connectivity index (χ0) is 18.3. The van der Waals surface area contributed by atoms with Gasteiger partial charge in [0, 0.05) is 36.0 Å². The number of sulfonamides is 1. The molecule has 0 saturated carbocycles. The summed E-state index contributed by atoms with van der Waals surface area (Å²) in [4.78, 5) is 12.0. The van der Waals surface area contributed by atoms with Crippen LogP contribution in [0, 0.1) is 0 Å². The van der Waals surface area contributed by atoms with Crippen molar-refractivity contribution in [3.8, 4) is 11.3 Å². The molecule has 2 aliphatic rings. The molecule has 0 amide bonds. The second-order valence-electron chi connectivity index (χ2n) is 7.28. The Labute approximate surface area is 154 Å². The number of nitrogens with one attached hydrogen (secondary N) is 1. The molecule has 1 aliphatic carbocycles. The number of anilines is 1. The van der Waals surface area contributed by atoms with Crippen LogP contribution in [0.3, 0.4) is 0 Å². The molecule has 6 nitrogen and oxygen atoms in total. The van der Waals surface area contributed by atoms with Gasteiger partial charge in [-0.15, -0.1) is 0 Å². The number of nitrogens with zero attached hydrogens (tertiary/aromatic N) is 3. The molecular weight excluding hydrogens is 348 g/mol. The Hall–Kier alpha value is -1.99. The van der Waals surface area contributed by atoms with Crippen LogP contribution in [0.5, 0.6) is 0 Å². The van der Waals surface area contributed by atoms with Crippen molar-refractivity contribution in [3.05, 3.63) is 41.1 Å². The highest BCUT2D eigenvalue weighted by molar-refractivity contribution is 7.88. The molecule has 1 aromatic carbocycles. The van der Waals surface area contributed by atoms with Gasteiger partial charge in [0.2, 0.25) is 16.0 Å². The lowest BCUT2D eigenvalue weighted by atomic mass is 10.0. The third kappa shape index (κ3) is 3.46. The fourth-order valence-electron chi connectivity index (χ4n) is 3.64. The van der Waals surface area contributed by atoms with E-state index in [1.165, 1.54) is 23.9 Å². The van der Waals surface area contributed by atoms with Crippen molar-refractivity contribution in [1.29, 1.82) is 0 Å². The Bertz CT molecular complexity index is 943. The standard InChI is InChI=1S/C19H24N4O2S/c1-13-9-10-23(13)19-21-17-8-4-7-16(17)18(22-19)15-6-3-5-14(11-15)12-20-26(2,24)25/h3,5-6,11,13,20H,4,7-10,12H2,1-2H3/t13-/m0/s1. The molecule has 2 aromatic rings. The maximum Gasteiger partial charge on any atom is 0.226 e. The van der Waals surface area contributed by atoms with Gasteiger partial charge in [0.1, 0.15) is 0 Å². The van der Waals surface area contributed by atoms with Gasteiger partial charge < -0.3 is 4.90 Å². The van der Waals surface area contributed by atoms with Gasteiger partial charge in [-0.1, -0.05) is 18.2 Å². The Morgan fingerprint density at radius 3 is 2.81 bits per heavy atom. The van der Waals surface area contributed by atoms with E-state index in [0.29, 0.717) is 6.04 Å². The average Bonchev–Trinajstić information content (AvgIpc) is 3.06. The highest BCUT2D eigenvalue weighted by Gasteiger charge is 2.29. The van der Waals surface area contributed by atoms with E-state index in [0.717, 1.165) is 48.6 Å².